The Morgan fingerprint density at radius 2 is 2.20 bits per heavy atom. The zero-order valence-electron chi connectivity index (χ0n) is 12.0. The molecule has 0 saturated carbocycles. The molecule has 1 aromatic rings. The van der Waals surface area contributed by atoms with Crippen LogP contribution in [0.2, 0.25) is 0 Å². The van der Waals surface area contributed by atoms with Crippen LogP contribution in [0.25, 0.3) is 0 Å². The molecule has 2 fully saturated rings. The Bertz CT molecular complexity index is 487. The van der Waals surface area contributed by atoms with Crippen LogP contribution in [0.3, 0.4) is 0 Å². The minimum Gasteiger partial charge on any atom is -0.389 e. The molecule has 0 bridgehead atoms. The average Bonchev–Trinajstić information content (AvgIpc) is 2.47. The lowest BCUT2D eigenvalue weighted by Crippen LogP contribution is -2.52. The minimum absolute atomic E-state index is 0.414. The molecule has 2 unspecified atom stereocenters. The molecule has 5 heteroatoms. The highest BCUT2D eigenvalue weighted by atomic mass is 32.1. The smallest absolute Gasteiger partial charge is 0.128 e. The third kappa shape index (κ3) is 2.65. The van der Waals surface area contributed by atoms with Crippen molar-refractivity contribution in [1.29, 1.82) is 0 Å². The second-order valence-corrected chi connectivity index (χ2v) is 6.39. The molecule has 0 radical (unpaired) electrons. The molecule has 1 aromatic heterocycles. The predicted octanol–water partition coefficient (Wildman–Crippen LogP) is 1.64. The second kappa shape index (κ2) is 5.66. The van der Waals surface area contributed by atoms with E-state index in [0.29, 0.717) is 4.99 Å². The van der Waals surface area contributed by atoms with E-state index in [1.807, 2.05) is 12.1 Å². The fraction of sp³-hybridized carbons (Fsp3) is 0.600. The van der Waals surface area contributed by atoms with E-state index in [-0.39, 0.29) is 0 Å². The van der Waals surface area contributed by atoms with Crippen molar-refractivity contribution >= 4 is 23.0 Å². The van der Waals surface area contributed by atoms with E-state index in [1.165, 1.54) is 25.8 Å². The molecule has 2 aliphatic rings. The molecule has 0 aromatic carbocycles. The monoisotopic (exact) mass is 290 g/mol. The molecule has 3 rings (SSSR count). The number of nitrogens with two attached hydrogens (primary N) is 1. The summed E-state index contributed by atoms with van der Waals surface area (Å²) in [5.41, 5.74) is 6.46. The van der Waals surface area contributed by atoms with Crippen molar-refractivity contribution in [2.75, 3.05) is 31.6 Å². The van der Waals surface area contributed by atoms with E-state index in [9.17, 15) is 0 Å². The van der Waals surface area contributed by atoms with Crippen molar-refractivity contribution in [2.45, 2.75) is 25.3 Å². The Morgan fingerprint density at radius 3 is 2.90 bits per heavy atom. The molecule has 20 heavy (non-hydrogen) atoms. The number of piperidine rings is 2. The number of rotatable bonds is 2. The lowest BCUT2D eigenvalue weighted by Gasteiger charge is -2.46. The lowest BCUT2D eigenvalue weighted by atomic mass is 9.84. The van der Waals surface area contributed by atoms with Crippen LogP contribution in [0, 0.1) is 5.92 Å². The quantitative estimate of drug-likeness (QED) is 0.839. The van der Waals surface area contributed by atoms with Crippen LogP contribution < -0.4 is 10.6 Å². The van der Waals surface area contributed by atoms with Gasteiger partial charge in [0.25, 0.3) is 0 Å². The molecular formula is C15H22N4S. The summed E-state index contributed by atoms with van der Waals surface area (Å²) in [5, 5.41) is 0. The Hall–Kier alpha value is -1.20. The number of aromatic nitrogens is 1. The number of fused-ring (bicyclic) bond motifs is 1. The summed E-state index contributed by atoms with van der Waals surface area (Å²) >= 11 is 4.97. The Labute approximate surface area is 126 Å². The topological polar surface area (TPSA) is 45.4 Å². The van der Waals surface area contributed by atoms with Gasteiger partial charge in [0, 0.05) is 30.9 Å². The molecule has 2 atom stereocenters. The maximum Gasteiger partial charge on any atom is 0.128 e. The van der Waals surface area contributed by atoms with Crippen molar-refractivity contribution in [1.82, 2.24) is 9.88 Å². The molecule has 2 saturated heterocycles. The van der Waals surface area contributed by atoms with E-state index in [4.69, 9.17) is 18.0 Å². The lowest BCUT2D eigenvalue weighted by molar-refractivity contribution is 0.102. The van der Waals surface area contributed by atoms with Crippen LogP contribution >= 0.6 is 12.2 Å². The molecule has 0 aliphatic carbocycles. The highest BCUT2D eigenvalue weighted by Gasteiger charge is 2.34. The predicted molar refractivity (Wildman–Crippen MR) is 86.1 cm³/mol. The first-order chi connectivity index (χ1) is 9.65. The first kappa shape index (κ1) is 13.8. The largest absolute Gasteiger partial charge is 0.389 e. The van der Waals surface area contributed by atoms with Crippen molar-refractivity contribution < 1.29 is 0 Å². The SMILES string of the molecule is CN1CCCC2CN(c3ccc(C(N)=S)cn3)CCC21. The second-order valence-electron chi connectivity index (χ2n) is 5.95. The normalized spacial score (nSPS) is 27.1. The van der Waals surface area contributed by atoms with Crippen LogP contribution in [0.5, 0.6) is 0 Å². The van der Waals surface area contributed by atoms with Crippen molar-refractivity contribution in [3.63, 3.8) is 0 Å². The van der Waals surface area contributed by atoms with E-state index in [2.05, 4.69) is 21.8 Å². The van der Waals surface area contributed by atoms with E-state index < -0.39 is 0 Å². The van der Waals surface area contributed by atoms with Gasteiger partial charge in [0.2, 0.25) is 0 Å². The number of likely N-dealkylation sites (tertiary alicyclic amines) is 1. The Morgan fingerprint density at radius 1 is 1.35 bits per heavy atom. The minimum atomic E-state index is 0.414. The van der Waals surface area contributed by atoms with Gasteiger partial charge in [0.1, 0.15) is 10.8 Å². The summed E-state index contributed by atoms with van der Waals surface area (Å²) < 4.78 is 0. The van der Waals surface area contributed by atoms with Gasteiger partial charge in [0.05, 0.1) is 0 Å². The number of nitrogens with zero attached hydrogens (tertiary/aromatic N) is 3. The summed E-state index contributed by atoms with van der Waals surface area (Å²) in [7, 11) is 2.27. The van der Waals surface area contributed by atoms with Crippen molar-refractivity contribution in [2.24, 2.45) is 11.7 Å². The van der Waals surface area contributed by atoms with E-state index >= 15 is 0 Å². The zero-order valence-corrected chi connectivity index (χ0v) is 12.8. The standard InChI is InChI=1S/C15H22N4S/c1-18-7-2-3-12-10-19(8-6-13(12)18)14-5-4-11(9-17-14)15(16)20/h4-5,9,12-13H,2-3,6-8,10H2,1H3,(H2,16,20). The van der Waals surface area contributed by atoms with Crippen molar-refractivity contribution in [3.8, 4) is 0 Å². The van der Waals surface area contributed by atoms with Gasteiger partial charge in [-0.25, -0.2) is 4.98 Å². The molecule has 3 heterocycles. The van der Waals surface area contributed by atoms with Crippen LogP contribution in [0.15, 0.2) is 18.3 Å². The van der Waals surface area contributed by atoms with Crippen molar-refractivity contribution in [3.05, 3.63) is 23.9 Å². The van der Waals surface area contributed by atoms with Gasteiger partial charge in [-0.2, -0.15) is 0 Å². The van der Waals surface area contributed by atoms with Crippen LogP contribution in [-0.2, 0) is 0 Å². The van der Waals surface area contributed by atoms with Gasteiger partial charge in [-0.15, -0.1) is 0 Å². The Kier molecular flexibility index (Phi) is 3.89. The molecular weight excluding hydrogens is 268 g/mol. The first-order valence-electron chi connectivity index (χ1n) is 7.36. The molecule has 2 aliphatic heterocycles. The summed E-state index contributed by atoms with van der Waals surface area (Å²) in [6.07, 6.45) is 5.69. The summed E-state index contributed by atoms with van der Waals surface area (Å²) in [4.78, 5) is 9.88. The summed E-state index contributed by atoms with van der Waals surface area (Å²) in [6, 6.07) is 4.78. The Balaban J connectivity index is 1.71. The van der Waals surface area contributed by atoms with Gasteiger partial charge in [0.15, 0.2) is 0 Å². The highest BCUT2D eigenvalue weighted by Crippen LogP contribution is 2.31. The molecule has 108 valence electrons. The summed E-state index contributed by atoms with van der Waals surface area (Å²) in [5.74, 6) is 1.83. The van der Waals surface area contributed by atoms with Gasteiger partial charge < -0.3 is 15.5 Å². The van der Waals surface area contributed by atoms with E-state index in [1.54, 1.807) is 6.20 Å². The third-order valence-corrected chi connectivity index (χ3v) is 4.94. The molecule has 0 amide bonds. The van der Waals surface area contributed by atoms with E-state index in [0.717, 1.165) is 36.4 Å². The maximum atomic E-state index is 5.62. The number of anilines is 1. The van der Waals surface area contributed by atoms with Crippen LogP contribution in [0.4, 0.5) is 5.82 Å². The number of thiocarbonyl (C=S) groups is 1. The van der Waals surface area contributed by atoms with Gasteiger partial charge in [-0.1, -0.05) is 12.2 Å². The van der Waals surface area contributed by atoms with Gasteiger partial charge in [-0.05, 0) is 50.9 Å². The maximum absolute atomic E-state index is 5.62. The zero-order chi connectivity index (χ0) is 14.1. The fourth-order valence-corrected chi connectivity index (χ4v) is 3.70. The summed E-state index contributed by atoms with van der Waals surface area (Å²) in [6.45, 7) is 3.46. The van der Waals surface area contributed by atoms with Gasteiger partial charge >= 0.3 is 0 Å². The first-order valence-corrected chi connectivity index (χ1v) is 7.77. The van der Waals surface area contributed by atoms with Crippen LogP contribution in [0.1, 0.15) is 24.8 Å². The molecule has 0 spiro atoms. The molecule has 4 nitrogen and oxygen atoms in total. The van der Waals surface area contributed by atoms with Crippen LogP contribution in [-0.4, -0.2) is 47.6 Å². The number of hydrogen-bond donors (Lipinski definition) is 1. The highest BCUT2D eigenvalue weighted by molar-refractivity contribution is 7.80. The van der Waals surface area contributed by atoms with Gasteiger partial charge in [-0.3, -0.25) is 0 Å². The average molecular weight is 290 g/mol. The third-order valence-electron chi connectivity index (χ3n) is 4.70. The molecule has 2 N–H and O–H groups in total. The number of hydrogen-bond acceptors (Lipinski definition) is 4. The fourth-order valence-electron chi connectivity index (χ4n) is 3.58. The number of pyridine rings is 1.